The van der Waals surface area contributed by atoms with E-state index in [0.717, 1.165) is 99.9 Å². The Balaban J connectivity index is 0.852. The van der Waals surface area contributed by atoms with Crippen LogP contribution in [0.15, 0.2) is 220 Å². The average molecular weight is 895 g/mol. The van der Waals surface area contributed by atoms with Crippen molar-refractivity contribution in [1.82, 2.24) is 0 Å². The number of nitrogens with zero attached hydrogens (tertiary/aromatic N) is 2. The average Bonchev–Trinajstić information content (AvgIpc) is 4.19. The van der Waals surface area contributed by atoms with Gasteiger partial charge in [0.2, 0.25) is 0 Å². The minimum absolute atomic E-state index is 0.809. The summed E-state index contributed by atoms with van der Waals surface area (Å²) in [5, 5.41) is 11.1. The van der Waals surface area contributed by atoms with Gasteiger partial charge in [-0.05, 0) is 109 Å². The molecule has 0 spiro atoms. The number of hydrogen-bond acceptors (Lipinski definition) is 7. The molecular weight excluding hydrogens is 861 g/mol. The number of fused-ring (bicyclic) bond motifs is 15. The number of para-hydroxylation sites is 2. The fourth-order valence-corrected chi connectivity index (χ4v) is 12.7. The van der Waals surface area contributed by atoms with E-state index in [1.54, 1.807) is 0 Å². The van der Waals surface area contributed by atoms with Crippen molar-refractivity contribution in [2.24, 2.45) is 0 Å². The van der Waals surface area contributed by atoms with E-state index < -0.39 is 0 Å². The summed E-state index contributed by atoms with van der Waals surface area (Å²) in [4.78, 5) is 4.69. The summed E-state index contributed by atoms with van der Waals surface area (Å²) in [6.45, 7) is 0. The lowest BCUT2D eigenvalue weighted by atomic mass is 10.1. The molecule has 0 fully saturated rings. The van der Waals surface area contributed by atoms with Crippen LogP contribution >= 0.6 is 22.7 Å². The minimum atomic E-state index is 0.809. The smallest absolute Gasteiger partial charge is 0.137 e. The van der Waals surface area contributed by atoms with Crippen molar-refractivity contribution in [1.29, 1.82) is 0 Å². The molecule has 15 aromatic rings. The molecule has 0 unspecified atom stereocenters. The molecule has 10 aromatic carbocycles. The molecule has 5 nitrogen and oxygen atoms in total. The van der Waals surface area contributed by atoms with E-state index in [9.17, 15) is 0 Å². The normalized spacial score (nSPS) is 12.2. The van der Waals surface area contributed by atoms with Crippen molar-refractivity contribution in [3.05, 3.63) is 206 Å². The van der Waals surface area contributed by atoms with Gasteiger partial charge in [-0.3, -0.25) is 0 Å². The van der Waals surface area contributed by atoms with Crippen LogP contribution in [0.2, 0.25) is 0 Å². The number of rotatable bonds is 6. The molecule has 0 radical (unpaired) electrons. The summed E-state index contributed by atoms with van der Waals surface area (Å²) in [6, 6.07) is 73.4. The maximum Gasteiger partial charge on any atom is 0.137 e. The highest BCUT2D eigenvalue weighted by Crippen LogP contribution is 2.49. The van der Waals surface area contributed by atoms with E-state index in [-0.39, 0.29) is 0 Å². The molecule has 314 valence electrons. The first kappa shape index (κ1) is 36.9. The zero-order chi connectivity index (χ0) is 43.7. The molecule has 5 aromatic heterocycles. The van der Waals surface area contributed by atoms with E-state index in [1.165, 1.54) is 40.3 Å². The third-order valence-electron chi connectivity index (χ3n) is 13.4. The van der Waals surface area contributed by atoms with Crippen molar-refractivity contribution < 1.29 is 13.3 Å². The molecule has 0 aliphatic carbocycles. The Morgan fingerprint density at radius 3 is 1.04 bits per heavy atom. The Labute approximate surface area is 390 Å². The Bertz CT molecular complexity index is 4190. The highest BCUT2D eigenvalue weighted by Gasteiger charge is 2.23. The van der Waals surface area contributed by atoms with Crippen LogP contribution in [0.4, 0.5) is 34.1 Å². The Hall–Kier alpha value is -8.36. The number of anilines is 6. The molecule has 0 aliphatic rings. The Morgan fingerprint density at radius 2 is 0.612 bits per heavy atom. The van der Waals surface area contributed by atoms with Gasteiger partial charge in [0.1, 0.15) is 33.5 Å². The summed E-state index contributed by atoms with van der Waals surface area (Å²) < 4.78 is 25.3. The van der Waals surface area contributed by atoms with Crippen molar-refractivity contribution >= 4 is 163 Å². The van der Waals surface area contributed by atoms with Gasteiger partial charge in [0.05, 0.1) is 11.4 Å². The summed E-state index contributed by atoms with van der Waals surface area (Å²) >= 11 is 3.66. The van der Waals surface area contributed by atoms with Crippen molar-refractivity contribution in [2.75, 3.05) is 9.80 Å². The minimum Gasteiger partial charge on any atom is -0.456 e. The van der Waals surface area contributed by atoms with Gasteiger partial charge in [-0.2, -0.15) is 0 Å². The van der Waals surface area contributed by atoms with Crippen LogP contribution in [0.5, 0.6) is 0 Å². The zero-order valence-corrected chi connectivity index (χ0v) is 37.2. The SMILES string of the molecule is c1ccc(N(c2ccc3c(c2)oc2cc4c(cc23)oc2cc3c(cc24)oc2cc(N(c4ccccc4)c4cccc5sc6ccccc6c45)ccc23)c2cccc3sc4ccccc4c23)cc1. The lowest BCUT2D eigenvalue weighted by molar-refractivity contribution is 0.662. The van der Waals surface area contributed by atoms with Gasteiger partial charge in [0.15, 0.2) is 0 Å². The highest BCUT2D eigenvalue weighted by atomic mass is 32.1. The van der Waals surface area contributed by atoms with Crippen LogP contribution in [0.3, 0.4) is 0 Å². The third kappa shape index (κ3) is 5.53. The molecule has 0 atom stereocenters. The van der Waals surface area contributed by atoms with Crippen LogP contribution in [0, 0.1) is 0 Å². The van der Waals surface area contributed by atoms with Gasteiger partial charge >= 0.3 is 0 Å². The highest BCUT2D eigenvalue weighted by molar-refractivity contribution is 7.26. The van der Waals surface area contributed by atoms with Gasteiger partial charge in [-0.1, -0.05) is 84.9 Å². The van der Waals surface area contributed by atoms with E-state index in [2.05, 4.69) is 216 Å². The number of furan rings is 3. The second kappa shape index (κ2) is 14.1. The zero-order valence-electron chi connectivity index (χ0n) is 35.6. The maximum atomic E-state index is 6.78. The summed E-state index contributed by atoms with van der Waals surface area (Å²) in [6.07, 6.45) is 0. The summed E-state index contributed by atoms with van der Waals surface area (Å²) in [7, 11) is 0. The molecule has 0 saturated heterocycles. The van der Waals surface area contributed by atoms with E-state index in [1.807, 2.05) is 22.7 Å². The Morgan fingerprint density at radius 1 is 0.254 bits per heavy atom. The quantitative estimate of drug-likeness (QED) is 0.166. The summed E-state index contributed by atoms with van der Waals surface area (Å²) in [5.74, 6) is 0. The van der Waals surface area contributed by atoms with Crippen molar-refractivity contribution in [2.45, 2.75) is 0 Å². The second-order valence-corrected chi connectivity index (χ2v) is 19.4. The lowest BCUT2D eigenvalue weighted by Gasteiger charge is -2.26. The summed E-state index contributed by atoms with van der Waals surface area (Å²) in [5.41, 5.74) is 11.3. The first-order valence-electron chi connectivity index (χ1n) is 22.4. The van der Waals surface area contributed by atoms with Gasteiger partial charge in [0, 0.05) is 108 Å². The predicted octanol–water partition coefficient (Wildman–Crippen LogP) is 19.1. The van der Waals surface area contributed by atoms with E-state index in [4.69, 9.17) is 13.3 Å². The van der Waals surface area contributed by atoms with Gasteiger partial charge in [0.25, 0.3) is 0 Å². The maximum absolute atomic E-state index is 6.78. The molecule has 0 aliphatic heterocycles. The number of thiophene rings is 2. The largest absolute Gasteiger partial charge is 0.456 e. The fourth-order valence-electron chi connectivity index (χ4n) is 10.5. The van der Waals surface area contributed by atoms with E-state index >= 15 is 0 Å². The number of hydrogen-bond donors (Lipinski definition) is 0. The van der Waals surface area contributed by atoms with Crippen LogP contribution in [-0.2, 0) is 0 Å². The molecule has 0 bridgehead atoms. The van der Waals surface area contributed by atoms with Gasteiger partial charge < -0.3 is 23.1 Å². The first-order valence-corrected chi connectivity index (χ1v) is 24.0. The van der Waals surface area contributed by atoms with Crippen LogP contribution in [0.1, 0.15) is 0 Å². The third-order valence-corrected chi connectivity index (χ3v) is 15.7. The standard InChI is InChI=1S/C60H34N2O3S2/c1-3-13-35(14-4-1)61(47-19-11-23-57-59(47)41-17-7-9-21-55(41)66-57)37-25-27-39-43-31-53-45(33-51(43)63-49(39)29-37)46-34-52-44(32-54(46)65-53)40-28-26-38(30-50(40)64-52)62(36-15-5-2-6-16-36)48-20-12-24-58-60(48)42-18-8-10-22-56(42)67-58/h1-34H. The van der Waals surface area contributed by atoms with Gasteiger partial charge in [-0.15, -0.1) is 22.7 Å². The molecule has 15 rings (SSSR count). The predicted molar refractivity (Wildman–Crippen MR) is 283 cm³/mol. The van der Waals surface area contributed by atoms with Crippen LogP contribution in [0.25, 0.3) is 106 Å². The second-order valence-electron chi connectivity index (χ2n) is 17.2. The fraction of sp³-hybridized carbons (Fsp3) is 0. The number of benzene rings is 10. The van der Waals surface area contributed by atoms with Gasteiger partial charge in [-0.25, -0.2) is 0 Å². The van der Waals surface area contributed by atoms with Crippen LogP contribution < -0.4 is 9.80 Å². The monoisotopic (exact) mass is 894 g/mol. The van der Waals surface area contributed by atoms with Crippen LogP contribution in [-0.4, -0.2) is 0 Å². The molecule has 67 heavy (non-hydrogen) atoms. The molecule has 5 heterocycles. The first-order chi connectivity index (χ1) is 33.2. The topological polar surface area (TPSA) is 45.9 Å². The lowest BCUT2D eigenvalue weighted by Crippen LogP contribution is -2.10. The molecule has 0 N–H and O–H groups in total. The molecule has 0 amide bonds. The van der Waals surface area contributed by atoms with Crippen molar-refractivity contribution in [3.63, 3.8) is 0 Å². The molecule has 0 saturated carbocycles. The molecular formula is C60H34N2O3S2. The van der Waals surface area contributed by atoms with Crippen molar-refractivity contribution in [3.8, 4) is 0 Å². The Kier molecular flexibility index (Phi) is 7.75. The van der Waals surface area contributed by atoms with E-state index in [0.29, 0.717) is 0 Å². The molecule has 7 heteroatoms.